The molecule has 94 valence electrons. The predicted molar refractivity (Wildman–Crippen MR) is 55.7 cm³/mol. The summed E-state index contributed by atoms with van der Waals surface area (Å²) in [6.45, 7) is -3.14. The Hall–Kier alpha value is -1.11. The zero-order valence-electron chi connectivity index (χ0n) is 8.03. The van der Waals surface area contributed by atoms with Gasteiger partial charge in [0, 0.05) is 16.7 Å². The van der Waals surface area contributed by atoms with E-state index in [0.717, 1.165) is 12.1 Å². The van der Waals surface area contributed by atoms with Crippen LogP contribution in [0.25, 0.3) is 0 Å². The van der Waals surface area contributed by atoms with Crippen LogP contribution in [0.4, 0.5) is 8.78 Å². The number of hydrogen-bond donors (Lipinski definition) is 2. The van der Waals surface area contributed by atoms with E-state index in [0.29, 0.717) is 0 Å². The third kappa shape index (κ3) is 3.42. The Morgan fingerprint density at radius 2 is 1.94 bits per heavy atom. The molecule has 8 heteroatoms. The van der Waals surface area contributed by atoms with E-state index in [9.17, 15) is 18.7 Å². The van der Waals surface area contributed by atoms with Crippen LogP contribution < -0.4 is 4.74 Å². The predicted octanol–water partition coefficient (Wildman–Crippen LogP) is 2.71. The summed E-state index contributed by atoms with van der Waals surface area (Å²) in [4.78, 5) is 10.6. The number of aliphatic carboxylic acids is 1. The first-order valence-corrected chi connectivity index (χ1v) is 4.93. The summed E-state index contributed by atoms with van der Waals surface area (Å²) in [5.74, 6) is -2.08. The largest absolute Gasteiger partial charge is 0.479 e. The van der Waals surface area contributed by atoms with Crippen molar-refractivity contribution in [2.24, 2.45) is 0 Å². The standard InChI is InChI=1S/C9H6Cl2F2O4/c10-3-1-4(7(14)8(15)16)6(11)5(2-3)17-9(12)13/h1-2,7,9,14H,(H,15,16)/t7-/m1/s1. The third-order valence-electron chi connectivity index (χ3n) is 1.78. The molecule has 0 heterocycles. The summed E-state index contributed by atoms with van der Waals surface area (Å²) in [5, 5.41) is 17.3. The molecule has 2 N–H and O–H groups in total. The van der Waals surface area contributed by atoms with Gasteiger partial charge in [0.05, 0.1) is 5.02 Å². The molecule has 0 saturated carbocycles. The van der Waals surface area contributed by atoms with Crippen LogP contribution >= 0.6 is 23.2 Å². The lowest BCUT2D eigenvalue weighted by molar-refractivity contribution is -0.146. The van der Waals surface area contributed by atoms with Gasteiger partial charge in [-0.05, 0) is 6.07 Å². The van der Waals surface area contributed by atoms with Gasteiger partial charge in [-0.15, -0.1) is 0 Å². The number of aliphatic hydroxyl groups excluding tert-OH is 1. The fourth-order valence-corrected chi connectivity index (χ4v) is 1.57. The summed E-state index contributed by atoms with van der Waals surface area (Å²) < 4.78 is 28.1. The number of carboxylic acid groups (broad SMARTS) is 1. The molecule has 1 atom stereocenters. The number of ether oxygens (including phenoxy) is 1. The van der Waals surface area contributed by atoms with Crippen molar-refractivity contribution in [1.82, 2.24) is 0 Å². The van der Waals surface area contributed by atoms with Crippen LogP contribution in [0, 0.1) is 0 Å². The first-order valence-electron chi connectivity index (χ1n) is 4.17. The van der Waals surface area contributed by atoms with Crippen molar-refractivity contribution >= 4 is 29.2 Å². The van der Waals surface area contributed by atoms with Crippen LogP contribution in [0.3, 0.4) is 0 Å². The lowest BCUT2D eigenvalue weighted by atomic mass is 10.1. The van der Waals surface area contributed by atoms with Crippen molar-refractivity contribution in [3.63, 3.8) is 0 Å². The van der Waals surface area contributed by atoms with Gasteiger partial charge >= 0.3 is 12.6 Å². The number of carbonyl (C=O) groups is 1. The van der Waals surface area contributed by atoms with Crippen molar-refractivity contribution in [2.75, 3.05) is 0 Å². The molecular formula is C9H6Cl2F2O4. The SMILES string of the molecule is O=C(O)[C@H](O)c1cc(Cl)cc(OC(F)F)c1Cl. The van der Waals surface area contributed by atoms with Gasteiger partial charge in [-0.1, -0.05) is 23.2 Å². The highest BCUT2D eigenvalue weighted by atomic mass is 35.5. The minimum Gasteiger partial charge on any atom is -0.479 e. The smallest absolute Gasteiger partial charge is 0.387 e. The molecule has 0 fully saturated rings. The molecule has 0 aliphatic heterocycles. The minimum atomic E-state index is -3.14. The number of hydrogen-bond acceptors (Lipinski definition) is 3. The van der Waals surface area contributed by atoms with Crippen LogP contribution in [0.2, 0.25) is 10.0 Å². The van der Waals surface area contributed by atoms with E-state index in [1.807, 2.05) is 0 Å². The molecule has 0 aromatic heterocycles. The summed E-state index contributed by atoms with van der Waals surface area (Å²) >= 11 is 11.2. The van der Waals surface area contributed by atoms with Crippen LogP contribution in [-0.4, -0.2) is 22.8 Å². The molecule has 0 unspecified atom stereocenters. The molecule has 0 radical (unpaired) electrons. The first-order chi connectivity index (χ1) is 7.82. The minimum absolute atomic E-state index is 0.0830. The van der Waals surface area contributed by atoms with Crippen molar-refractivity contribution < 1.29 is 28.5 Å². The van der Waals surface area contributed by atoms with E-state index in [1.54, 1.807) is 0 Å². The molecule has 0 saturated heterocycles. The molecule has 1 rings (SSSR count). The van der Waals surface area contributed by atoms with Crippen molar-refractivity contribution in [1.29, 1.82) is 0 Å². The van der Waals surface area contributed by atoms with Gasteiger partial charge in [0.15, 0.2) is 6.10 Å². The van der Waals surface area contributed by atoms with Crippen LogP contribution in [0.15, 0.2) is 12.1 Å². The molecular weight excluding hydrogens is 281 g/mol. The van der Waals surface area contributed by atoms with Crippen molar-refractivity contribution in [3.05, 3.63) is 27.7 Å². The van der Waals surface area contributed by atoms with Crippen molar-refractivity contribution in [3.8, 4) is 5.75 Å². The van der Waals surface area contributed by atoms with E-state index in [2.05, 4.69) is 4.74 Å². The van der Waals surface area contributed by atoms with E-state index < -0.39 is 29.5 Å². The van der Waals surface area contributed by atoms with Crippen LogP contribution in [0.1, 0.15) is 11.7 Å². The number of carboxylic acids is 1. The number of alkyl halides is 2. The Morgan fingerprint density at radius 1 is 1.35 bits per heavy atom. The molecule has 0 aliphatic rings. The van der Waals surface area contributed by atoms with Gasteiger partial charge in [0.25, 0.3) is 0 Å². The average molecular weight is 287 g/mol. The number of benzene rings is 1. The Kier molecular flexibility index (Phi) is 4.50. The van der Waals surface area contributed by atoms with E-state index >= 15 is 0 Å². The Labute approximate surface area is 104 Å². The molecule has 4 nitrogen and oxygen atoms in total. The maximum Gasteiger partial charge on any atom is 0.387 e. The second kappa shape index (κ2) is 5.48. The van der Waals surface area contributed by atoms with Gasteiger partial charge < -0.3 is 14.9 Å². The fourth-order valence-electron chi connectivity index (χ4n) is 1.10. The number of halogens is 4. The van der Waals surface area contributed by atoms with E-state index in [1.165, 1.54) is 0 Å². The highest BCUT2D eigenvalue weighted by molar-refractivity contribution is 6.35. The Balaban J connectivity index is 3.23. The number of aliphatic hydroxyl groups is 1. The zero-order valence-corrected chi connectivity index (χ0v) is 9.54. The molecule has 0 amide bonds. The molecule has 0 spiro atoms. The van der Waals surface area contributed by atoms with Gasteiger partial charge in [-0.25, -0.2) is 4.79 Å². The molecule has 1 aromatic carbocycles. The van der Waals surface area contributed by atoms with E-state index in [-0.39, 0.29) is 10.6 Å². The third-order valence-corrected chi connectivity index (χ3v) is 2.40. The topological polar surface area (TPSA) is 66.8 Å². The van der Waals surface area contributed by atoms with Crippen LogP contribution in [-0.2, 0) is 4.79 Å². The zero-order chi connectivity index (χ0) is 13.2. The summed E-state index contributed by atoms with van der Waals surface area (Å²) in [6, 6.07) is 2.05. The highest BCUT2D eigenvalue weighted by Gasteiger charge is 2.23. The van der Waals surface area contributed by atoms with Gasteiger partial charge in [0.2, 0.25) is 0 Å². The van der Waals surface area contributed by atoms with Gasteiger partial charge in [-0.2, -0.15) is 8.78 Å². The summed E-state index contributed by atoms with van der Waals surface area (Å²) in [7, 11) is 0. The molecule has 0 aliphatic carbocycles. The second-order valence-corrected chi connectivity index (χ2v) is 3.74. The highest BCUT2D eigenvalue weighted by Crippen LogP contribution is 2.36. The average Bonchev–Trinajstić information content (AvgIpc) is 2.21. The first kappa shape index (κ1) is 14.0. The quantitative estimate of drug-likeness (QED) is 0.893. The van der Waals surface area contributed by atoms with E-state index in [4.69, 9.17) is 28.3 Å². The number of rotatable bonds is 4. The molecule has 0 bridgehead atoms. The monoisotopic (exact) mass is 286 g/mol. The lowest BCUT2D eigenvalue weighted by Crippen LogP contribution is -2.12. The molecule has 17 heavy (non-hydrogen) atoms. The maximum absolute atomic E-state index is 12.0. The van der Waals surface area contributed by atoms with Crippen LogP contribution in [0.5, 0.6) is 5.75 Å². The Bertz CT molecular complexity index is 439. The molecule has 1 aromatic rings. The summed E-state index contributed by atoms with van der Waals surface area (Å²) in [5.41, 5.74) is -0.317. The maximum atomic E-state index is 12.0. The summed E-state index contributed by atoms with van der Waals surface area (Å²) in [6.07, 6.45) is -1.97. The normalized spacial score (nSPS) is 12.6. The Morgan fingerprint density at radius 3 is 2.41 bits per heavy atom. The second-order valence-electron chi connectivity index (χ2n) is 2.93. The lowest BCUT2D eigenvalue weighted by Gasteiger charge is -2.13. The van der Waals surface area contributed by atoms with Gasteiger partial charge in [-0.3, -0.25) is 0 Å². The van der Waals surface area contributed by atoms with Gasteiger partial charge in [0.1, 0.15) is 5.75 Å². The van der Waals surface area contributed by atoms with Crippen molar-refractivity contribution in [2.45, 2.75) is 12.7 Å². The fraction of sp³-hybridized carbons (Fsp3) is 0.222.